The fourth-order valence-electron chi connectivity index (χ4n) is 4.30. The highest BCUT2D eigenvalue weighted by Crippen LogP contribution is 2.44. The molecule has 122 valence electrons. The van der Waals surface area contributed by atoms with Crippen molar-refractivity contribution >= 4 is 11.3 Å². The number of ether oxygens (including phenoxy) is 1. The molecule has 22 heavy (non-hydrogen) atoms. The van der Waals surface area contributed by atoms with E-state index in [1.54, 1.807) is 11.3 Å². The van der Waals surface area contributed by atoms with Gasteiger partial charge in [-0.05, 0) is 38.8 Å². The Balaban J connectivity index is 1.35. The smallest absolute Gasteiger partial charge is 0.107 e. The van der Waals surface area contributed by atoms with Crippen LogP contribution in [0.3, 0.4) is 0 Å². The Morgan fingerprint density at radius 1 is 1.36 bits per heavy atom. The Morgan fingerprint density at radius 3 is 3.05 bits per heavy atom. The lowest BCUT2D eigenvalue weighted by molar-refractivity contribution is 0.0556. The Labute approximate surface area is 137 Å². The third kappa shape index (κ3) is 3.23. The number of nitrogens with zero attached hydrogens (tertiary/aromatic N) is 3. The van der Waals surface area contributed by atoms with Crippen LogP contribution in [0.4, 0.5) is 0 Å². The van der Waals surface area contributed by atoms with Gasteiger partial charge in [-0.25, -0.2) is 4.98 Å². The van der Waals surface area contributed by atoms with Crippen LogP contribution in [0.5, 0.6) is 0 Å². The monoisotopic (exact) mass is 321 g/mol. The van der Waals surface area contributed by atoms with Gasteiger partial charge in [0.05, 0.1) is 13.2 Å². The molecule has 0 radical (unpaired) electrons. The second kappa shape index (κ2) is 6.19. The first-order chi connectivity index (χ1) is 10.7. The molecule has 4 nitrogen and oxygen atoms in total. The van der Waals surface area contributed by atoms with Gasteiger partial charge >= 0.3 is 0 Å². The molecule has 2 saturated heterocycles. The van der Waals surface area contributed by atoms with E-state index in [-0.39, 0.29) is 0 Å². The lowest BCUT2D eigenvalue weighted by Crippen LogP contribution is -2.36. The minimum atomic E-state index is 0.454. The van der Waals surface area contributed by atoms with Crippen molar-refractivity contribution in [2.75, 3.05) is 46.4 Å². The number of aromatic nitrogens is 1. The number of thiazole rings is 1. The van der Waals surface area contributed by atoms with Gasteiger partial charge in [-0.2, -0.15) is 0 Å². The zero-order valence-corrected chi connectivity index (χ0v) is 14.4. The zero-order chi connectivity index (χ0) is 15.0. The average molecular weight is 321 g/mol. The summed E-state index contributed by atoms with van der Waals surface area (Å²) in [5.41, 5.74) is 0.454. The molecule has 1 saturated carbocycles. The second-order valence-electron chi connectivity index (χ2n) is 7.62. The third-order valence-corrected chi connectivity index (χ3v) is 6.42. The molecule has 2 aliphatic heterocycles. The van der Waals surface area contributed by atoms with Gasteiger partial charge in [0.1, 0.15) is 5.01 Å². The molecule has 5 heteroatoms. The molecule has 0 unspecified atom stereocenters. The summed E-state index contributed by atoms with van der Waals surface area (Å²) in [7, 11) is 2.27. The highest BCUT2D eigenvalue weighted by Gasteiger charge is 2.49. The SMILES string of the molecule is CN1C[C@@H](COCC2CC2)[C@@]2(CCN(Cc3nccs3)C2)C1. The highest BCUT2D eigenvalue weighted by molar-refractivity contribution is 7.09. The fourth-order valence-corrected chi connectivity index (χ4v) is 4.95. The molecule has 1 aromatic rings. The molecular weight excluding hydrogens is 294 g/mol. The molecule has 3 aliphatic rings. The Morgan fingerprint density at radius 2 is 2.27 bits per heavy atom. The first kappa shape index (κ1) is 15.1. The predicted octanol–water partition coefficient (Wildman–Crippen LogP) is 2.32. The van der Waals surface area contributed by atoms with Crippen molar-refractivity contribution in [1.82, 2.24) is 14.8 Å². The predicted molar refractivity (Wildman–Crippen MR) is 89.0 cm³/mol. The standard InChI is InChI=1S/C17H27N3OS/c1-19-8-15(11-21-10-14-2-3-14)17(12-19)4-6-20(13-17)9-16-18-5-7-22-16/h5,7,14-15H,2-4,6,8-13H2,1H3/t15-,17-/m0/s1. The normalized spacial score (nSPS) is 33.2. The van der Waals surface area contributed by atoms with E-state index in [2.05, 4.69) is 27.2 Å². The van der Waals surface area contributed by atoms with Gasteiger partial charge < -0.3 is 9.64 Å². The van der Waals surface area contributed by atoms with Crippen LogP contribution in [0.25, 0.3) is 0 Å². The number of hydrogen-bond acceptors (Lipinski definition) is 5. The first-order valence-corrected chi connectivity index (χ1v) is 9.48. The van der Waals surface area contributed by atoms with Gasteiger partial charge in [0.2, 0.25) is 0 Å². The van der Waals surface area contributed by atoms with E-state index in [0.717, 1.165) is 25.7 Å². The summed E-state index contributed by atoms with van der Waals surface area (Å²) in [5.74, 6) is 1.58. The summed E-state index contributed by atoms with van der Waals surface area (Å²) in [5, 5.41) is 3.34. The molecular formula is C17H27N3OS. The van der Waals surface area contributed by atoms with Gasteiger partial charge in [0.25, 0.3) is 0 Å². The molecule has 0 N–H and O–H groups in total. The lowest BCUT2D eigenvalue weighted by Gasteiger charge is -2.30. The van der Waals surface area contributed by atoms with E-state index >= 15 is 0 Å². The number of rotatable bonds is 6. The summed E-state index contributed by atoms with van der Waals surface area (Å²) in [6, 6.07) is 0. The second-order valence-corrected chi connectivity index (χ2v) is 8.60. The van der Waals surface area contributed by atoms with Crippen LogP contribution in [-0.2, 0) is 11.3 Å². The molecule has 1 aromatic heterocycles. The van der Waals surface area contributed by atoms with Gasteiger partial charge in [-0.3, -0.25) is 4.90 Å². The van der Waals surface area contributed by atoms with Crippen LogP contribution in [0, 0.1) is 17.3 Å². The van der Waals surface area contributed by atoms with Crippen molar-refractivity contribution in [2.24, 2.45) is 17.3 Å². The van der Waals surface area contributed by atoms with E-state index in [0.29, 0.717) is 11.3 Å². The number of hydrogen-bond donors (Lipinski definition) is 0. The summed E-state index contributed by atoms with van der Waals surface area (Å²) in [6.07, 6.45) is 6.01. The van der Waals surface area contributed by atoms with Crippen molar-refractivity contribution in [2.45, 2.75) is 25.8 Å². The Hall–Kier alpha value is -0.490. The van der Waals surface area contributed by atoms with Crippen LogP contribution in [0.1, 0.15) is 24.3 Å². The Bertz CT molecular complexity index is 490. The van der Waals surface area contributed by atoms with E-state index in [9.17, 15) is 0 Å². The van der Waals surface area contributed by atoms with Crippen LogP contribution in [0.15, 0.2) is 11.6 Å². The molecule has 1 aliphatic carbocycles. The van der Waals surface area contributed by atoms with Gasteiger partial charge in [0.15, 0.2) is 0 Å². The molecule has 0 aromatic carbocycles. The Kier molecular flexibility index (Phi) is 4.24. The summed E-state index contributed by atoms with van der Waals surface area (Å²) in [4.78, 5) is 9.56. The first-order valence-electron chi connectivity index (χ1n) is 8.60. The minimum absolute atomic E-state index is 0.454. The quantitative estimate of drug-likeness (QED) is 0.804. The minimum Gasteiger partial charge on any atom is -0.381 e. The topological polar surface area (TPSA) is 28.6 Å². The van der Waals surface area contributed by atoms with Crippen molar-refractivity contribution < 1.29 is 4.74 Å². The van der Waals surface area contributed by atoms with Crippen molar-refractivity contribution in [3.8, 4) is 0 Å². The van der Waals surface area contributed by atoms with E-state index in [4.69, 9.17) is 4.74 Å². The maximum atomic E-state index is 6.06. The fraction of sp³-hybridized carbons (Fsp3) is 0.824. The average Bonchev–Trinajstić information content (AvgIpc) is 2.90. The van der Waals surface area contributed by atoms with Gasteiger partial charge in [-0.15, -0.1) is 11.3 Å². The van der Waals surface area contributed by atoms with Crippen LogP contribution >= 0.6 is 11.3 Å². The van der Waals surface area contributed by atoms with Crippen LogP contribution < -0.4 is 0 Å². The van der Waals surface area contributed by atoms with Crippen LogP contribution in [0.2, 0.25) is 0 Å². The largest absolute Gasteiger partial charge is 0.381 e. The summed E-state index contributed by atoms with van der Waals surface area (Å²) in [6.45, 7) is 7.86. The maximum Gasteiger partial charge on any atom is 0.107 e. The zero-order valence-electron chi connectivity index (χ0n) is 13.5. The highest BCUT2D eigenvalue weighted by atomic mass is 32.1. The molecule has 0 bridgehead atoms. The molecule has 3 heterocycles. The van der Waals surface area contributed by atoms with E-state index in [1.165, 1.54) is 50.4 Å². The summed E-state index contributed by atoms with van der Waals surface area (Å²) < 4.78 is 6.06. The summed E-state index contributed by atoms with van der Waals surface area (Å²) >= 11 is 1.78. The molecule has 3 fully saturated rings. The molecule has 0 amide bonds. The number of likely N-dealkylation sites (tertiary alicyclic amines) is 2. The molecule has 4 rings (SSSR count). The van der Waals surface area contributed by atoms with E-state index in [1.807, 2.05) is 6.20 Å². The van der Waals surface area contributed by atoms with Gasteiger partial charge in [-0.1, -0.05) is 0 Å². The third-order valence-electron chi connectivity index (χ3n) is 5.66. The van der Waals surface area contributed by atoms with Crippen molar-refractivity contribution in [3.05, 3.63) is 16.6 Å². The molecule has 1 spiro atoms. The van der Waals surface area contributed by atoms with Crippen molar-refractivity contribution in [1.29, 1.82) is 0 Å². The molecule has 2 atom stereocenters. The lowest BCUT2D eigenvalue weighted by atomic mass is 9.77. The van der Waals surface area contributed by atoms with Gasteiger partial charge in [0, 0.05) is 49.2 Å². The van der Waals surface area contributed by atoms with Crippen molar-refractivity contribution in [3.63, 3.8) is 0 Å². The van der Waals surface area contributed by atoms with Crippen LogP contribution in [-0.4, -0.2) is 61.2 Å². The maximum absolute atomic E-state index is 6.06. The van der Waals surface area contributed by atoms with E-state index < -0.39 is 0 Å².